The SMILES string of the molecule is C#CC1(O)CCC2C3CCC4=C(Cl)C(=O)CCC4C3CCC21C. The van der Waals surface area contributed by atoms with Crippen LogP contribution in [0.2, 0.25) is 0 Å². The Morgan fingerprint density at radius 3 is 2.70 bits per heavy atom. The molecule has 0 aromatic rings. The molecule has 4 aliphatic carbocycles. The summed E-state index contributed by atoms with van der Waals surface area (Å²) in [6.07, 6.45) is 13.2. The Balaban J connectivity index is 1.67. The zero-order valence-electron chi connectivity index (χ0n) is 13.8. The molecule has 1 N–H and O–H groups in total. The second kappa shape index (κ2) is 5.11. The maximum absolute atomic E-state index is 11.9. The minimum atomic E-state index is -0.932. The summed E-state index contributed by atoms with van der Waals surface area (Å²) in [4.78, 5) is 11.9. The number of carbonyl (C=O) groups is 1. The molecule has 0 saturated heterocycles. The Morgan fingerprint density at radius 1 is 1.17 bits per heavy atom. The molecule has 23 heavy (non-hydrogen) atoms. The third kappa shape index (κ3) is 1.96. The van der Waals surface area contributed by atoms with E-state index < -0.39 is 5.60 Å². The lowest BCUT2D eigenvalue weighted by molar-refractivity contribution is -0.117. The molecule has 0 radical (unpaired) electrons. The van der Waals surface area contributed by atoms with Gasteiger partial charge in [0.1, 0.15) is 5.60 Å². The van der Waals surface area contributed by atoms with Gasteiger partial charge < -0.3 is 5.11 Å². The molecule has 0 aromatic carbocycles. The summed E-state index contributed by atoms with van der Waals surface area (Å²) in [5.41, 5.74) is 0.162. The minimum Gasteiger partial charge on any atom is -0.377 e. The highest BCUT2D eigenvalue weighted by Gasteiger charge is 2.62. The molecule has 6 unspecified atom stereocenters. The molecule has 6 atom stereocenters. The van der Waals surface area contributed by atoms with Crippen LogP contribution in [0, 0.1) is 41.4 Å². The predicted molar refractivity (Wildman–Crippen MR) is 90.7 cm³/mol. The van der Waals surface area contributed by atoms with Crippen molar-refractivity contribution in [3.8, 4) is 12.3 Å². The van der Waals surface area contributed by atoms with E-state index in [9.17, 15) is 9.90 Å². The fourth-order valence-corrected chi connectivity index (χ4v) is 6.82. The van der Waals surface area contributed by atoms with Crippen molar-refractivity contribution in [2.24, 2.45) is 29.1 Å². The molecule has 3 fully saturated rings. The van der Waals surface area contributed by atoms with Crippen LogP contribution in [-0.4, -0.2) is 16.5 Å². The Hall–Kier alpha value is -0.780. The van der Waals surface area contributed by atoms with Crippen LogP contribution < -0.4 is 0 Å². The van der Waals surface area contributed by atoms with Crippen LogP contribution in [0.15, 0.2) is 10.6 Å². The van der Waals surface area contributed by atoms with Crippen LogP contribution in [0.3, 0.4) is 0 Å². The van der Waals surface area contributed by atoms with Gasteiger partial charge in [0.2, 0.25) is 0 Å². The molecule has 0 amide bonds. The number of hydrogen-bond donors (Lipinski definition) is 1. The zero-order valence-corrected chi connectivity index (χ0v) is 14.5. The molecule has 0 aromatic heterocycles. The number of allylic oxidation sites excluding steroid dienone is 1. The van der Waals surface area contributed by atoms with E-state index in [1.54, 1.807) is 0 Å². The molecule has 3 heteroatoms. The van der Waals surface area contributed by atoms with E-state index in [-0.39, 0.29) is 11.2 Å². The normalized spacial score (nSPS) is 49.2. The van der Waals surface area contributed by atoms with Crippen LogP contribution in [0.1, 0.15) is 58.3 Å². The van der Waals surface area contributed by atoms with E-state index in [0.717, 1.165) is 44.9 Å². The number of carbonyl (C=O) groups excluding carboxylic acids is 1. The van der Waals surface area contributed by atoms with Crippen LogP contribution in [0.5, 0.6) is 0 Å². The van der Waals surface area contributed by atoms with E-state index in [1.807, 2.05) is 0 Å². The molecule has 0 heterocycles. The topological polar surface area (TPSA) is 37.3 Å². The molecule has 0 bridgehead atoms. The first kappa shape index (κ1) is 15.7. The summed E-state index contributed by atoms with van der Waals surface area (Å²) < 4.78 is 0. The van der Waals surface area contributed by atoms with Crippen molar-refractivity contribution in [3.63, 3.8) is 0 Å². The summed E-state index contributed by atoms with van der Waals surface area (Å²) in [6, 6.07) is 0. The fourth-order valence-electron chi connectivity index (χ4n) is 6.49. The van der Waals surface area contributed by atoms with Crippen molar-refractivity contribution in [3.05, 3.63) is 10.6 Å². The van der Waals surface area contributed by atoms with E-state index in [4.69, 9.17) is 18.0 Å². The van der Waals surface area contributed by atoms with Crippen LogP contribution in [0.25, 0.3) is 0 Å². The lowest BCUT2D eigenvalue weighted by Gasteiger charge is -2.54. The van der Waals surface area contributed by atoms with Crippen molar-refractivity contribution < 1.29 is 9.90 Å². The van der Waals surface area contributed by atoms with Crippen LogP contribution in [-0.2, 0) is 4.79 Å². The van der Waals surface area contributed by atoms with Crippen molar-refractivity contribution in [2.75, 3.05) is 0 Å². The monoisotopic (exact) mass is 332 g/mol. The van der Waals surface area contributed by atoms with E-state index in [1.165, 1.54) is 5.57 Å². The molecule has 4 rings (SSSR count). The summed E-state index contributed by atoms with van der Waals surface area (Å²) in [7, 11) is 0. The van der Waals surface area contributed by atoms with Crippen LogP contribution in [0.4, 0.5) is 0 Å². The predicted octanol–water partition coefficient (Wildman–Crippen LogP) is 4.06. The van der Waals surface area contributed by atoms with Gasteiger partial charge in [0.15, 0.2) is 5.78 Å². The molecule has 124 valence electrons. The van der Waals surface area contributed by atoms with Gasteiger partial charge in [-0.1, -0.05) is 24.4 Å². The Kier molecular flexibility index (Phi) is 3.49. The highest BCUT2D eigenvalue weighted by atomic mass is 35.5. The first-order chi connectivity index (χ1) is 10.9. The highest BCUT2D eigenvalue weighted by molar-refractivity contribution is 6.43. The van der Waals surface area contributed by atoms with E-state index in [2.05, 4.69) is 12.8 Å². The van der Waals surface area contributed by atoms with Gasteiger partial charge in [-0.25, -0.2) is 0 Å². The summed E-state index contributed by atoms with van der Waals surface area (Å²) >= 11 is 6.34. The van der Waals surface area contributed by atoms with Crippen LogP contribution >= 0.6 is 11.6 Å². The quantitative estimate of drug-likeness (QED) is 0.679. The van der Waals surface area contributed by atoms with E-state index >= 15 is 0 Å². The third-order valence-electron chi connectivity index (χ3n) is 7.80. The van der Waals surface area contributed by atoms with Gasteiger partial charge in [0.25, 0.3) is 0 Å². The second-order valence-corrected chi connectivity index (χ2v) is 8.76. The van der Waals surface area contributed by atoms with Gasteiger partial charge in [-0.2, -0.15) is 0 Å². The molecule has 0 aliphatic heterocycles. The lowest BCUT2D eigenvalue weighted by Crippen LogP contribution is -2.52. The maximum atomic E-state index is 11.9. The molecule has 2 nitrogen and oxygen atoms in total. The van der Waals surface area contributed by atoms with Gasteiger partial charge in [-0.3, -0.25) is 4.79 Å². The van der Waals surface area contributed by atoms with Gasteiger partial charge in [0.05, 0.1) is 5.03 Å². The number of rotatable bonds is 0. The fraction of sp³-hybridized carbons (Fsp3) is 0.750. The summed E-state index contributed by atoms with van der Waals surface area (Å²) in [6.45, 7) is 2.21. The maximum Gasteiger partial charge on any atom is 0.174 e. The van der Waals surface area contributed by atoms with Gasteiger partial charge in [-0.05, 0) is 74.2 Å². The standard InChI is InChI=1S/C20H25ClO2/c1-3-20(23)11-9-16-14-4-5-15-12(6-7-17(22)18(15)21)13(14)8-10-19(16,20)2/h1,12-14,16,23H,4-11H2,2H3. The largest absolute Gasteiger partial charge is 0.377 e. The van der Waals surface area contributed by atoms with Gasteiger partial charge in [-0.15, -0.1) is 6.42 Å². The second-order valence-electron chi connectivity index (χ2n) is 8.38. The van der Waals surface area contributed by atoms with Gasteiger partial charge in [0, 0.05) is 11.8 Å². The molecule has 3 saturated carbocycles. The number of aliphatic hydroxyl groups is 1. The number of Topliss-reactive ketones (excluding diaryl/α,β-unsaturated/α-hetero) is 1. The number of hydrogen-bond acceptors (Lipinski definition) is 2. The summed E-state index contributed by atoms with van der Waals surface area (Å²) in [5, 5.41) is 11.5. The lowest BCUT2D eigenvalue weighted by atomic mass is 9.50. The van der Waals surface area contributed by atoms with E-state index in [0.29, 0.717) is 35.1 Å². The molecular weight excluding hydrogens is 308 g/mol. The zero-order chi connectivity index (χ0) is 16.4. The van der Waals surface area contributed by atoms with Crippen molar-refractivity contribution >= 4 is 17.4 Å². The average Bonchev–Trinajstić information content (AvgIpc) is 2.83. The molecule has 0 spiro atoms. The number of ketones is 1. The Bertz CT molecular complexity index is 630. The summed E-state index contributed by atoms with van der Waals surface area (Å²) in [5.74, 6) is 5.12. The van der Waals surface area contributed by atoms with Gasteiger partial charge >= 0.3 is 0 Å². The minimum absolute atomic E-state index is 0.139. The first-order valence-corrected chi connectivity index (χ1v) is 9.41. The van der Waals surface area contributed by atoms with Crippen molar-refractivity contribution in [2.45, 2.75) is 63.9 Å². The number of fused-ring (bicyclic) bond motifs is 5. The van der Waals surface area contributed by atoms with Crippen molar-refractivity contribution in [1.82, 2.24) is 0 Å². The third-order valence-corrected chi connectivity index (χ3v) is 8.26. The Labute approximate surface area is 143 Å². The molecular formula is C20H25ClO2. The number of terminal acetylenes is 1. The first-order valence-electron chi connectivity index (χ1n) is 9.03. The van der Waals surface area contributed by atoms with Crippen molar-refractivity contribution in [1.29, 1.82) is 0 Å². The Morgan fingerprint density at radius 2 is 1.96 bits per heavy atom. The average molecular weight is 333 g/mol. The molecule has 4 aliphatic rings. The smallest absolute Gasteiger partial charge is 0.174 e. The number of halogens is 1. The highest BCUT2D eigenvalue weighted by Crippen LogP contribution is 2.65.